The summed E-state index contributed by atoms with van der Waals surface area (Å²) in [5, 5.41) is 6.43. The number of carbonyl (C=O) groups excluding carboxylic acids is 1. The number of nitrogens with zero attached hydrogens (tertiary/aromatic N) is 1. The molecule has 1 saturated carbocycles. The number of carbonyl (C=O) groups is 1. The normalized spacial score (nSPS) is 14.2. The van der Waals surface area contributed by atoms with Crippen LogP contribution in [0.2, 0.25) is 0 Å². The van der Waals surface area contributed by atoms with Crippen molar-refractivity contribution in [2.75, 3.05) is 10.6 Å². The lowest BCUT2D eigenvalue weighted by atomic mass is 9.95. The molecule has 1 amide bonds. The molecule has 0 unspecified atom stereocenters. The number of benzene rings is 2. The molecule has 1 aliphatic carbocycles. The highest BCUT2D eigenvalue weighted by molar-refractivity contribution is 6.04. The Morgan fingerprint density at radius 3 is 2.34 bits per heavy atom. The quantitative estimate of drug-likeness (QED) is 0.555. The number of aromatic nitrogens is 1. The molecule has 0 radical (unpaired) electrons. The number of hydrogen-bond donors (Lipinski definition) is 2. The molecule has 0 atom stereocenters. The SMILES string of the molecule is O=C(Nc1ccc(Oc2ccccc2)cc1)c1cncc(NC2CCCCC2)c1. The summed E-state index contributed by atoms with van der Waals surface area (Å²) in [6, 6.07) is 19.3. The van der Waals surface area contributed by atoms with Gasteiger partial charge in [0, 0.05) is 24.1 Å². The molecule has 0 aliphatic heterocycles. The third-order valence-electron chi connectivity index (χ3n) is 5.07. The van der Waals surface area contributed by atoms with Crippen molar-refractivity contribution >= 4 is 17.3 Å². The fourth-order valence-electron chi connectivity index (χ4n) is 3.56. The van der Waals surface area contributed by atoms with Crippen LogP contribution in [0.25, 0.3) is 0 Å². The zero-order valence-electron chi connectivity index (χ0n) is 16.3. The molecule has 0 bridgehead atoms. The lowest BCUT2D eigenvalue weighted by molar-refractivity contribution is 0.102. The number of para-hydroxylation sites is 1. The van der Waals surface area contributed by atoms with Gasteiger partial charge in [0.05, 0.1) is 11.3 Å². The van der Waals surface area contributed by atoms with E-state index in [-0.39, 0.29) is 5.91 Å². The van der Waals surface area contributed by atoms with Crippen molar-refractivity contribution in [1.29, 1.82) is 0 Å². The van der Waals surface area contributed by atoms with Gasteiger partial charge < -0.3 is 15.4 Å². The van der Waals surface area contributed by atoms with Crippen LogP contribution in [0.15, 0.2) is 73.1 Å². The Labute approximate surface area is 171 Å². The molecule has 3 aromatic rings. The summed E-state index contributed by atoms with van der Waals surface area (Å²) in [6.45, 7) is 0. The van der Waals surface area contributed by atoms with Gasteiger partial charge in [-0.3, -0.25) is 9.78 Å². The maximum atomic E-state index is 12.6. The summed E-state index contributed by atoms with van der Waals surface area (Å²) in [5.74, 6) is 1.31. The third-order valence-corrected chi connectivity index (χ3v) is 5.07. The summed E-state index contributed by atoms with van der Waals surface area (Å²) < 4.78 is 5.78. The molecular weight excluding hydrogens is 362 g/mol. The molecule has 0 spiro atoms. The van der Waals surface area contributed by atoms with Crippen LogP contribution in [0.5, 0.6) is 11.5 Å². The Bertz CT molecular complexity index is 936. The number of amides is 1. The third kappa shape index (κ3) is 5.35. The molecule has 2 N–H and O–H groups in total. The second-order valence-electron chi connectivity index (χ2n) is 7.34. The van der Waals surface area contributed by atoms with Crippen molar-refractivity contribution in [3.63, 3.8) is 0 Å². The highest BCUT2D eigenvalue weighted by Crippen LogP contribution is 2.24. The number of pyridine rings is 1. The minimum Gasteiger partial charge on any atom is -0.457 e. The van der Waals surface area contributed by atoms with E-state index >= 15 is 0 Å². The Balaban J connectivity index is 1.36. The van der Waals surface area contributed by atoms with Crippen molar-refractivity contribution in [2.45, 2.75) is 38.1 Å². The predicted octanol–water partition coefficient (Wildman–Crippen LogP) is 5.87. The van der Waals surface area contributed by atoms with Gasteiger partial charge >= 0.3 is 0 Å². The van der Waals surface area contributed by atoms with Crippen molar-refractivity contribution in [3.05, 3.63) is 78.6 Å². The number of nitrogens with one attached hydrogen (secondary N) is 2. The van der Waals surface area contributed by atoms with E-state index in [0.29, 0.717) is 17.3 Å². The molecule has 148 valence electrons. The molecule has 4 rings (SSSR count). The van der Waals surface area contributed by atoms with Gasteiger partial charge in [0.2, 0.25) is 0 Å². The maximum absolute atomic E-state index is 12.6. The van der Waals surface area contributed by atoms with Crippen LogP contribution in [0.3, 0.4) is 0 Å². The van der Waals surface area contributed by atoms with E-state index in [9.17, 15) is 4.79 Å². The molecular formula is C24H25N3O2. The largest absolute Gasteiger partial charge is 0.457 e. The van der Waals surface area contributed by atoms with E-state index in [0.717, 1.165) is 17.2 Å². The van der Waals surface area contributed by atoms with Gasteiger partial charge in [0.25, 0.3) is 5.91 Å². The second-order valence-corrected chi connectivity index (χ2v) is 7.34. The molecule has 1 heterocycles. The van der Waals surface area contributed by atoms with Crippen LogP contribution in [-0.4, -0.2) is 16.9 Å². The molecule has 1 fully saturated rings. The maximum Gasteiger partial charge on any atom is 0.257 e. The van der Waals surface area contributed by atoms with E-state index < -0.39 is 0 Å². The van der Waals surface area contributed by atoms with Crippen molar-refractivity contribution < 1.29 is 9.53 Å². The number of anilines is 2. The lowest BCUT2D eigenvalue weighted by Gasteiger charge is -2.23. The van der Waals surface area contributed by atoms with Gasteiger partial charge in [-0.25, -0.2) is 0 Å². The lowest BCUT2D eigenvalue weighted by Crippen LogP contribution is -2.22. The molecule has 2 aromatic carbocycles. The highest BCUT2D eigenvalue weighted by atomic mass is 16.5. The van der Waals surface area contributed by atoms with Crippen LogP contribution in [-0.2, 0) is 0 Å². The number of hydrogen-bond acceptors (Lipinski definition) is 4. The smallest absolute Gasteiger partial charge is 0.257 e. The van der Waals surface area contributed by atoms with E-state index in [1.165, 1.54) is 32.1 Å². The van der Waals surface area contributed by atoms with E-state index in [4.69, 9.17) is 4.74 Å². The van der Waals surface area contributed by atoms with Crippen LogP contribution in [0.4, 0.5) is 11.4 Å². The van der Waals surface area contributed by atoms with Gasteiger partial charge in [-0.1, -0.05) is 37.5 Å². The summed E-state index contributed by atoms with van der Waals surface area (Å²) >= 11 is 0. The van der Waals surface area contributed by atoms with Gasteiger partial charge in [-0.2, -0.15) is 0 Å². The van der Waals surface area contributed by atoms with Gasteiger partial charge in [-0.15, -0.1) is 0 Å². The Hall–Kier alpha value is -3.34. The van der Waals surface area contributed by atoms with Gasteiger partial charge in [-0.05, 0) is 55.3 Å². The molecule has 1 aliphatic rings. The second kappa shape index (κ2) is 9.24. The van der Waals surface area contributed by atoms with Crippen LogP contribution >= 0.6 is 0 Å². The molecule has 1 aromatic heterocycles. The average molecular weight is 387 g/mol. The topological polar surface area (TPSA) is 63.2 Å². The van der Waals surface area contributed by atoms with Gasteiger partial charge in [0.15, 0.2) is 0 Å². The standard InChI is InChI=1S/C24H25N3O2/c28-24(18-15-21(17-25-16-18)26-19-7-3-1-4-8-19)27-20-11-13-23(14-12-20)29-22-9-5-2-6-10-22/h2,5-6,9-17,19,26H,1,3-4,7-8H2,(H,27,28). The molecule has 5 heteroatoms. The van der Waals surface area contributed by atoms with Crippen LogP contribution in [0, 0.1) is 0 Å². The monoisotopic (exact) mass is 387 g/mol. The highest BCUT2D eigenvalue weighted by Gasteiger charge is 2.14. The molecule has 5 nitrogen and oxygen atoms in total. The Morgan fingerprint density at radius 2 is 1.59 bits per heavy atom. The van der Waals surface area contributed by atoms with Crippen molar-refractivity contribution in [3.8, 4) is 11.5 Å². The predicted molar refractivity (Wildman–Crippen MR) is 116 cm³/mol. The minimum atomic E-state index is -0.179. The fourth-order valence-corrected chi connectivity index (χ4v) is 3.56. The number of rotatable bonds is 6. The first-order valence-electron chi connectivity index (χ1n) is 10.1. The van der Waals surface area contributed by atoms with E-state index in [1.54, 1.807) is 12.4 Å². The Morgan fingerprint density at radius 1 is 0.862 bits per heavy atom. The molecule has 0 saturated heterocycles. The van der Waals surface area contributed by atoms with Crippen molar-refractivity contribution in [2.24, 2.45) is 0 Å². The average Bonchev–Trinajstić information content (AvgIpc) is 2.77. The summed E-state index contributed by atoms with van der Waals surface area (Å²) in [4.78, 5) is 16.9. The first kappa shape index (κ1) is 19.0. The fraction of sp³-hybridized carbons (Fsp3) is 0.250. The zero-order chi connectivity index (χ0) is 19.9. The zero-order valence-corrected chi connectivity index (χ0v) is 16.3. The Kier molecular flexibility index (Phi) is 6.05. The van der Waals surface area contributed by atoms with Gasteiger partial charge in [0.1, 0.15) is 11.5 Å². The molecule has 29 heavy (non-hydrogen) atoms. The first-order valence-corrected chi connectivity index (χ1v) is 10.1. The summed E-state index contributed by atoms with van der Waals surface area (Å²) in [5.41, 5.74) is 2.15. The van der Waals surface area contributed by atoms with E-state index in [2.05, 4.69) is 15.6 Å². The minimum absolute atomic E-state index is 0.179. The summed E-state index contributed by atoms with van der Waals surface area (Å²) in [6.07, 6.45) is 9.55. The van der Waals surface area contributed by atoms with Crippen LogP contribution in [0.1, 0.15) is 42.5 Å². The first-order chi connectivity index (χ1) is 14.3. The van der Waals surface area contributed by atoms with Crippen molar-refractivity contribution in [1.82, 2.24) is 4.98 Å². The number of ether oxygens (including phenoxy) is 1. The van der Waals surface area contributed by atoms with E-state index in [1.807, 2.05) is 60.7 Å². The van der Waals surface area contributed by atoms with Crippen LogP contribution < -0.4 is 15.4 Å². The summed E-state index contributed by atoms with van der Waals surface area (Å²) in [7, 11) is 0.